The Balaban J connectivity index is 2.44. The fourth-order valence-corrected chi connectivity index (χ4v) is 3.21. The van der Waals surface area contributed by atoms with E-state index in [1.807, 2.05) is 0 Å². The molecule has 1 saturated carbocycles. The van der Waals surface area contributed by atoms with E-state index >= 15 is 0 Å². The first kappa shape index (κ1) is 21.2. The lowest BCUT2D eigenvalue weighted by molar-refractivity contribution is -0.140. The third-order valence-corrected chi connectivity index (χ3v) is 4.44. The fourth-order valence-electron chi connectivity index (χ4n) is 3.21. The molecular weight excluding hydrogens is 363 g/mol. The van der Waals surface area contributed by atoms with Crippen molar-refractivity contribution < 1.29 is 32.2 Å². The van der Waals surface area contributed by atoms with Crippen LogP contribution in [-0.4, -0.2) is 30.7 Å². The van der Waals surface area contributed by atoms with Gasteiger partial charge < -0.3 is 14.8 Å². The Labute approximate surface area is 156 Å². The number of benzene rings is 1. The minimum absolute atomic E-state index is 0.246. The van der Waals surface area contributed by atoms with E-state index in [2.05, 4.69) is 5.32 Å². The SMILES string of the molecule is CO[C@H]1CCC[C@](NC(=O)OC(C)(C)C)(c2ccc(C(F)(F)F)cc2)C1=O. The number of nitrogens with one attached hydrogen (secondary N) is 1. The van der Waals surface area contributed by atoms with Gasteiger partial charge in [-0.05, 0) is 57.7 Å². The maximum atomic E-state index is 13.0. The van der Waals surface area contributed by atoms with Gasteiger partial charge in [0.1, 0.15) is 17.2 Å². The quantitative estimate of drug-likeness (QED) is 0.845. The molecule has 5 nitrogen and oxygen atoms in total. The van der Waals surface area contributed by atoms with Crippen molar-refractivity contribution in [3.8, 4) is 0 Å². The minimum Gasteiger partial charge on any atom is -0.444 e. The number of halogens is 3. The van der Waals surface area contributed by atoms with Crippen molar-refractivity contribution in [2.75, 3.05) is 7.11 Å². The smallest absolute Gasteiger partial charge is 0.416 e. The molecule has 150 valence electrons. The zero-order chi connectivity index (χ0) is 20.5. The summed E-state index contributed by atoms with van der Waals surface area (Å²) in [6.45, 7) is 5.04. The number of rotatable bonds is 3. The summed E-state index contributed by atoms with van der Waals surface area (Å²) >= 11 is 0. The van der Waals surface area contributed by atoms with Crippen LogP contribution in [0.15, 0.2) is 24.3 Å². The van der Waals surface area contributed by atoms with E-state index in [1.165, 1.54) is 19.2 Å². The molecule has 27 heavy (non-hydrogen) atoms. The molecule has 0 saturated heterocycles. The highest BCUT2D eigenvalue weighted by Gasteiger charge is 2.48. The van der Waals surface area contributed by atoms with Crippen LogP contribution < -0.4 is 5.32 Å². The van der Waals surface area contributed by atoms with E-state index in [9.17, 15) is 22.8 Å². The normalized spacial score (nSPS) is 23.8. The fraction of sp³-hybridized carbons (Fsp3) is 0.579. The number of carbonyl (C=O) groups is 2. The van der Waals surface area contributed by atoms with Crippen molar-refractivity contribution in [3.05, 3.63) is 35.4 Å². The molecule has 0 heterocycles. The van der Waals surface area contributed by atoms with E-state index in [-0.39, 0.29) is 12.0 Å². The van der Waals surface area contributed by atoms with Crippen molar-refractivity contribution in [1.29, 1.82) is 0 Å². The largest absolute Gasteiger partial charge is 0.444 e. The van der Waals surface area contributed by atoms with Crippen LogP contribution in [0, 0.1) is 0 Å². The average Bonchev–Trinajstić information content (AvgIpc) is 2.54. The Morgan fingerprint density at radius 2 is 1.78 bits per heavy atom. The Morgan fingerprint density at radius 1 is 1.19 bits per heavy atom. The number of alkyl carbamates (subject to hydrolysis) is 1. The molecular formula is C19H24F3NO4. The van der Waals surface area contributed by atoms with Crippen LogP contribution in [0.5, 0.6) is 0 Å². The van der Waals surface area contributed by atoms with Crippen LogP contribution in [0.1, 0.15) is 51.2 Å². The molecule has 1 aliphatic carbocycles. The van der Waals surface area contributed by atoms with Crippen LogP contribution >= 0.6 is 0 Å². The third-order valence-electron chi connectivity index (χ3n) is 4.44. The Hall–Kier alpha value is -2.09. The highest BCUT2D eigenvalue weighted by atomic mass is 19.4. The first-order valence-electron chi connectivity index (χ1n) is 8.65. The predicted octanol–water partition coefficient (Wildman–Crippen LogP) is 4.19. The molecule has 2 atom stereocenters. The average molecular weight is 387 g/mol. The van der Waals surface area contributed by atoms with E-state index < -0.39 is 40.9 Å². The Kier molecular flexibility index (Phi) is 5.89. The Bertz CT molecular complexity index is 694. The zero-order valence-corrected chi connectivity index (χ0v) is 15.8. The number of hydrogen-bond acceptors (Lipinski definition) is 4. The first-order chi connectivity index (χ1) is 12.4. The molecule has 0 radical (unpaired) electrons. The minimum atomic E-state index is -4.49. The molecule has 1 aliphatic rings. The summed E-state index contributed by atoms with van der Waals surface area (Å²) in [7, 11) is 1.39. The van der Waals surface area contributed by atoms with Crippen molar-refractivity contribution in [2.24, 2.45) is 0 Å². The molecule has 0 spiro atoms. The van der Waals surface area contributed by atoms with Crippen molar-refractivity contribution in [2.45, 2.75) is 63.5 Å². The van der Waals surface area contributed by atoms with Crippen LogP contribution in [0.4, 0.5) is 18.0 Å². The van der Waals surface area contributed by atoms with Gasteiger partial charge in [0.05, 0.1) is 5.56 Å². The van der Waals surface area contributed by atoms with Gasteiger partial charge in [-0.25, -0.2) is 4.79 Å². The summed E-state index contributed by atoms with van der Waals surface area (Å²) in [5.74, 6) is -0.401. The van der Waals surface area contributed by atoms with Crippen LogP contribution in [0.3, 0.4) is 0 Å². The van der Waals surface area contributed by atoms with Crippen molar-refractivity contribution in [3.63, 3.8) is 0 Å². The summed E-state index contributed by atoms with van der Waals surface area (Å²) in [5, 5.41) is 2.61. The maximum Gasteiger partial charge on any atom is 0.416 e. The molecule has 1 aromatic rings. The lowest BCUT2D eigenvalue weighted by atomic mass is 9.74. The monoisotopic (exact) mass is 387 g/mol. The van der Waals surface area contributed by atoms with Crippen LogP contribution in [-0.2, 0) is 26.0 Å². The molecule has 2 rings (SSSR count). The zero-order valence-electron chi connectivity index (χ0n) is 15.8. The second-order valence-electron chi connectivity index (χ2n) is 7.59. The second kappa shape index (κ2) is 7.50. The molecule has 8 heteroatoms. The first-order valence-corrected chi connectivity index (χ1v) is 8.65. The number of amides is 1. The molecule has 1 amide bonds. The molecule has 1 fully saturated rings. The highest BCUT2D eigenvalue weighted by molar-refractivity contribution is 5.96. The number of ketones is 1. The van der Waals surface area contributed by atoms with Gasteiger partial charge in [0.2, 0.25) is 0 Å². The lowest BCUT2D eigenvalue weighted by Gasteiger charge is -2.40. The molecule has 0 unspecified atom stereocenters. The van der Waals surface area contributed by atoms with Crippen molar-refractivity contribution >= 4 is 11.9 Å². The number of hydrogen-bond donors (Lipinski definition) is 1. The maximum absolute atomic E-state index is 13.0. The van der Waals surface area contributed by atoms with Gasteiger partial charge in [-0.2, -0.15) is 13.2 Å². The summed E-state index contributed by atoms with van der Waals surface area (Å²) in [5.41, 5.74) is -2.84. The van der Waals surface area contributed by atoms with Crippen molar-refractivity contribution in [1.82, 2.24) is 5.32 Å². The summed E-state index contributed by atoms with van der Waals surface area (Å²) in [4.78, 5) is 25.4. The predicted molar refractivity (Wildman–Crippen MR) is 92.1 cm³/mol. The van der Waals surface area contributed by atoms with Gasteiger partial charge in [0, 0.05) is 7.11 Å². The summed E-state index contributed by atoms with van der Waals surface area (Å²) in [6, 6.07) is 4.24. The molecule has 0 aliphatic heterocycles. The van der Waals surface area contributed by atoms with Gasteiger partial charge in [-0.3, -0.25) is 4.79 Å². The number of alkyl halides is 3. The number of methoxy groups -OCH3 is 1. The van der Waals surface area contributed by atoms with Crippen LogP contribution in [0.25, 0.3) is 0 Å². The molecule has 1 N–H and O–H groups in total. The van der Waals surface area contributed by atoms with Gasteiger partial charge >= 0.3 is 12.3 Å². The Morgan fingerprint density at radius 3 is 2.26 bits per heavy atom. The summed E-state index contributed by atoms with van der Waals surface area (Å²) in [6.07, 6.45) is -4.77. The molecule has 0 bridgehead atoms. The van der Waals surface area contributed by atoms with E-state index in [0.717, 1.165) is 12.1 Å². The number of carbonyl (C=O) groups excluding carboxylic acids is 2. The topological polar surface area (TPSA) is 64.6 Å². The number of ether oxygens (including phenoxy) is 2. The summed E-state index contributed by atoms with van der Waals surface area (Å²) < 4.78 is 49.1. The van der Waals surface area contributed by atoms with E-state index in [0.29, 0.717) is 12.8 Å². The molecule has 1 aromatic carbocycles. The van der Waals surface area contributed by atoms with Gasteiger partial charge in [0.15, 0.2) is 5.78 Å². The molecule has 0 aromatic heterocycles. The lowest BCUT2D eigenvalue weighted by Crippen LogP contribution is -2.58. The van der Waals surface area contributed by atoms with Gasteiger partial charge in [-0.15, -0.1) is 0 Å². The van der Waals surface area contributed by atoms with Crippen LogP contribution in [0.2, 0.25) is 0 Å². The van der Waals surface area contributed by atoms with Gasteiger partial charge in [-0.1, -0.05) is 12.1 Å². The standard InChI is InChI=1S/C19H24F3NO4/c1-17(2,3)27-16(25)23-18(11-5-6-14(26-4)15(18)24)12-7-9-13(10-8-12)19(20,21)22/h7-10,14H,5-6,11H2,1-4H3,(H,23,25)/t14-,18-/m0/s1. The van der Waals surface area contributed by atoms with E-state index in [4.69, 9.17) is 9.47 Å². The third kappa shape index (κ3) is 4.80. The van der Waals surface area contributed by atoms with E-state index in [1.54, 1.807) is 20.8 Å². The number of Topliss-reactive ketones (excluding diaryl/α,β-unsaturated/α-hetero) is 1. The second-order valence-corrected chi connectivity index (χ2v) is 7.59. The highest BCUT2D eigenvalue weighted by Crippen LogP contribution is 2.37. The van der Waals surface area contributed by atoms with Gasteiger partial charge in [0.25, 0.3) is 0 Å².